The van der Waals surface area contributed by atoms with Crippen molar-refractivity contribution >= 4 is 31.9 Å². The molecular weight excluding hydrogens is 374 g/mol. The number of hydrogen-bond acceptors (Lipinski definition) is 3. The summed E-state index contributed by atoms with van der Waals surface area (Å²) >= 11 is 7.06. The van der Waals surface area contributed by atoms with Crippen LogP contribution in [0.15, 0.2) is 32.1 Å². The van der Waals surface area contributed by atoms with Gasteiger partial charge in [-0.3, -0.25) is 4.68 Å². The third kappa shape index (κ3) is 3.12. The van der Waals surface area contributed by atoms with Crippen LogP contribution in [0.2, 0.25) is 0 Å². The topological polar surface area (TPSA) is 43.0 Å². The molecule has 4 nitrogen and oxygen atoms in total. The molecule has 0 aliphatic heterocycles. The molecule has 0 fully saturated rings. The number of rotatable bonds is 6. The number of furan rings is 1. The molecule has 19 heavy (non-hydrogen) atoms. The molecule has 0 saturated carbocycles. The molecule has 0 bridgehead atoms. The van der Waals surface area contributed by atoms with Gasteiger partial charge in [0.1, 0.15) is 0 Å². The molecule has 1 unspecified atom stereocenters. The van der Waals surface area contributed by atoms with Crippen LogP contribution in [0.5, 0.6) is 0 Å². The Morgan fingerprint density at radius 3 is 2.79 bits per heavy atom. The standard InChI is InChI=1S/C13H17Br2N3O/c1-3-6-16-11(9-5-7-19-13(9)15)12-10(14)8-17-18(12)4-2/h5,7-8,11,16H,3-4,6H2,1-2H3. The highest BCUT2D eigenvalue weighted by molar-refractivity contribution is 9.10. The highest BCUT2D eigenvalue weighted by Crippen LogP contribution is 2.33. The Balaban J connectivity index is 2.42. The monoisotopic (exact) mass is 389 g/mol. The molecule has 0 spiro atoms. The maximum absolute atomic E-state index is 5.37. The second-order valence-corrected chi connectivity index (χ2v) is 5.80. The highest BCUT2D eigenvalue weighted by Gasteiger charge is 2.24. The fourth-order valence-electron chi connectivity index (χ4n) is 2.06. The van der Waals surface area contributed by atoms with Crippen molar-refractivity contribution in [3.8, 4) is 0 Å². The minimum absolute atomic E-state index is 0.0601. The minimum atomic E-state index is 0.0601. The van der Waals surface area contributed by atoms with Crippen molar-refractivity contribution in [3.05, 3.63) is 38.9 Å². The lowest BCUT2D eigenvalue weighted by molar-refractivity contribution is 0.503. The number of nitrogens with zero attached hydrogens (tertiary/aromatic N) is 2. The van der Waals surface area contributed by atoms with Gasteiger partial charge in [0.2, 0.25) is 0 Å². The summed E-state index contributed by atoms with van der Waals surface area (Å²) in [6.45, 7) is 6.01. The molecule has 0 saturated heterocycles. The molecule has 2 rings (SSSR count). The van der Waals surface area contributed by atoms with Crippen LogP contribution in [0.1, 0.15) is 37.6 Å². The van der Waals surface area contributed by atoms with Gasteiger partial charge in [-0.1, -0.05) is 6.92 Å². The van der Waals surface area contributed by atoms with E-state index < -0.39 is 0 Å². The minimum Gasteiger partial charge on any atom is -0.457 e. The number of aromatic nitrogens is 2. The predicted octanol–water partition coefficient (Wildman–Crippen LogP) is 4.11. The van der Waals surface area contributed by atoms with Crippen molar-refractivity contribution in [2.45, 2.75) is 32.9 Å². The molecule has 1 N–H and O–H groups in total. The van der Waals surface area contributed by atoms with E-state index >= 15 is 0 Å². The SMILES string of the molecule is CCCNC(c1ccoc1Br)c1c(Br)cnn1CC. The van der Waals surface area contributed by atoms with Gasteiger partial charge in [0.05, 0.1) is 28.7 Å². The summed E-state index contributed by atoms with van der Waals surface area (Å²) in [5.41, 5.74) is 2.21. The van der Waals surface area contributed by atoms with Crippen LogP contribution in [0.25, 0.3) is 0 Å². The number of aryl methyl sites for hydroxylation is 1. The van der Waals surface area contributed by atoms with E-state index in [1.165, 1.54) is 0 Å². The normalized spacial score (nSPS) is 12.8. The van der Waals surface area contributed by atoms with Gasteiger partial charge in [0, 0.05) is 12.1 Å². The average Bonchev–Trinajstić information content (AvgIpc) is 2.98. The Morgan fingerprint density at radius 2 is 2.21 bits per heavy atom. The van der Waals surface area contributed by atoms with Crippen LogP contribution >= 0.6 is 31.9 Å². The van der Waals surface area contributed by atoms with Crippen molar-refractivity contribution in [1.82, 2.24) is 15.1 Å². The summed E-state index contributed by atoms with van der Waals surface area (Å²) in [6, 6.07) is 2.04. The summed E-state index contributed by atoms with van der Waals surface area (Å²) in [6.07, 6.45) is 4.61. The Hall–Kier alpha value is -0.590. The molecule has 6 heteroatoms. The predicted molar refractivity (Wildman–Crippen MR) is 82.1 cm³/mol. The molecule has 0 aliphatic carbocycles. The Labute approximate surface area is 129 Å². The van der Waals surface area contributed by atoms with E-state index in [0.29, 0.717) is 0 Å². The Kier molecular flexibility index (Phi) is 5.24. The van der Waals surface area contributed by atoms with E-state index in [0.717, 1.165) is 39.9 Å². The quantitative estimate of drug-likeness (QED) is 0.806. The van der Waals surface area contributed by atoms with Crippen LogP contribution in [0.4, 0.5) is 0 Å². The smallest absolute Gasteiger partial charge is 0.174 e. The van der Waals surface area contributed by atoms with Gasteiger partial charge >= 0.3 is 0 Å². The maximum atomic E-state index is 5.37. The van der Waals surface area contributed by atoms with Crippen LogP contribution in [0, 0.1) is 0 Å². The van der Waals surface area contributed by atoms with Gasteiger partial charge in [-0.05, 0) is 57.8 Å². The van der Waals surface area contributed by atoms with Crippen molar-refractivity contribution < 1.29 is 4.42 Å². The third-order valence-electron chi connectivity index (χ3n) is 2.96. The van der Waals surface area contributed by atoms with Crippen molar-refractivity contribution in [2.75, 3.05) is 6.54 Å². The first kappa shape index (κ1) is 14.8. The van der Waals surface area contributed by atoms with Gasteiger partial charge in [-0.15, -0.1) is 0 Å². The van der Waals surface area contributed by atoms with Crippen molar-refractivity contribution in [2.24, 2.45) is 0 Å². The zero-order valence-corrected chi connectivity index (χ0v) is 14.2. The van der Waals surface area contributed by atoms with E-state index in [-0.39, 0.29) is 6.04 Å². The fraction of sp³-hybridized carbons (Fsp3) is 0.462. The van der Waals surface area contributed by atoms with E-state index in [4.69, 9.17) is 4.42 Å². The third-order valence-corrected chi connectivity index (χ3v) is 4.22. The fourth-order valence-corrected chi connectivity index (χ4v) is 3.06. The van der Waals surface area contributed by atoms with Gasteiger partial charge in [0.15, 0.2) is 4.67 Å². The lowest BCUT2D eigenvalue weighted by Gasteiger charge is -2.19. The lowest BCUT2D eigenvalue weighted by atomic mass is 10.1. The zero-order chi connectivity index (χ0) is 13.8. The summed E-state index contributed by atoms with van der Waals surface area (Å²) in [4.78, 5) is 0. The molecule has 0 amide bonds. The molecule has 2 aromatic heterocycles. The van der Waals surface area contributed by atoms with E-state index in [1.807, 2.05) is 16.9 Å². The molecular formula is C13H17Br2N3O. The van der Waals surface area contributed by atoms with Crippen molar-refractivity contribution in [3.63, 3.8) is 0 Å². The summed E-state index contributed by atoms with van der Waals surface area (Å²) in [5.74, 6) is 0. The molecule has 2 heterocycles. The van der Waals surface area contributed by atoms with E-state index in [2.05, 4.69) is 56.1 Å². The summed E-state index contributed by atoms with van der Waals surface area (Å²) < 4.78 is 9.14. The molecule has 0 radical (unpaired) electrons. The molecule has 1 atom stereocenters. The van der Waals surface area contributed by atoms with Crippen LogP contribution in [-0.2, 0) is 6.54 Å². The second-order valence-electron chi connectivity index (χ2n) is 4.23. The van der Waals surface area contributed by atoms with Gasteiger partial charge in [0.25, 0.3) is 0 Å². The molecule has 0 aromatic carbocycles. The van der Waals surface area contributed by atoms with Gasteiger partial charge < -0.3 is 9.73 Å². The average molecular weight is 391 g/mol. The Bertz CT molecular complexity index is 536. The number of nitrogens with one attached hydrogen (secondary N) is 1. The van der Waals surface area contributed by atoms with Crippen LogP contribution in [0.3, 0.4) is 0 Å². The molecule has 0 aliphatic rings. The largest absolute Gasteiger partial charge is 0.457 e. The van der Waals surface area contributed by atoms with Gasteiger partial charge in [-0.25, -0.2) is 0 Å². The summed E-state index contributed by atoms with van der Waals surface area (Å²) in [5, 5.41) is 7.94. The zero-order valence-electron chi connectivity index (χ0n) is 11.0. The first-order valence-corrected chi connectivity index (χ1v) is 7.95. The van der Waals surface area contributed by atoms with E-state index in [9.17, 15) is 0 Å². The maximum Gasteiger partial charge on any atom is 0.174 e. The van der Waals surface area contributed by atoms with E-state index in [1.54, 1.807) is 6.26 Å². The summed E-state index contributed by atoms with van der Waals surface area (Å²) in [7, 11) is 0. The number of halogens is 2. The second kappa shape index (κ2) is 6.72. The number of hydrogen-bond donors (Lipinski definition) is 1. The Morgan fingerprint density at radius 1 is 1.42 bits per heavy atom. The van der Waals surface area contributed by atoms with Crippen LogP contribution in [-0.4, -0.2) is 16.3 Å². The first-order valence-electron chi connectivity index (χ1n) is 6.36. The first-order chi connectivity index (χ1) is 9.19. The molecule has 104 valence electrons. The van der Waals surface area contributed by atoms with Gasteiger partial charge in [-0.2, -0.15) is 5.10 Å². The highest BCUT2D eigenvalue weighted by atomic mass is 79.9. The molecule has 2 aromatic rings. The lowest BCUT2D eigenvalue weighted by Crippen LogP contribution is -2.26. The van der Waals surface area contributed by atoms with Crippen molar-refractivity contribution in [1.29, 1.82) is 0 Å². The van der Waals surface area contributed by atoms with Crippen LogP contribution < -0.4 is 5.32 Å².